The SMILES string of the molecule is CC(C)C12CC1[C@@H](C)CC2=O. The van der Waals surface area contributed by atoms with Crippen molar-refractivity contribution in [3.63, 3.8) is 0 Å². The average Bonchev–Trinajstić information content (AvgIpc) is 2.56. The highest BCUT2D eigenvalue weighted by Crippen LogP contribution is 2.67. The molecule has 11 heavy (non-hydrogen) atoms. The first-order valence-electron chi connectivity index (χ1n) is 4.62. The summed E-state index contributed by atoms with van der Waals surface area (Å²) in [6.45, 7) is 6.60. The molecule has 2 aliphatic rings. The molecule has 0 aromatic carbocycles. The zero-order chi connectivity index (χ0) is 8.22. The second-order valence-corrected chi connectivity index (χ2v) is 4.61. The van der Waals surface area contributed by atoms with Gasteiger partial charge in [-0.1, -0.05) is 20.8 Å². The molecule has 2 rings (SSSR count). The lowest BCUT2D eigenvalue weighted by Gasteiger charge is -2.14. The molecule has 0 aliphatic heterocycles. The van der Waals surface area contributed by atoms with E-state index in [0.717, 1.165) is 12.3 Å². The van der Waals surface area contributed by atoms with Crippen LogP contribution in [-0.2, 0) is 4.79 Å². The van der Waals surface area contributed by atoms with Gasteiger partial charge in [0.2, 0.25) is 0 Å². The van der Waals surface area contributed by atoms with Gasteiger partial charge in [0.05, 0.1) is 0 Å². The van der Waals surface area contributed by atoms with Crippen molar-refractivity contribution >= 4 is 5.78 Å². The molecule has 62 valence electrons. The normalized spacial score (nSPS) is 48.2. The molecule has 0 amide bonds. The third-order valence-corrected chi connectivity index (χ3v) is 3.80. The Bertz CT molecular complexity index is 207. The van der Waals surface area contributed by atoms with Crippen LogP contribution < -0.4 is 0 Å². The smallest absolute Gasteiger partial charge is 0.139 e. The molecule has 0 N–H and O–H groups in total. The van der Waals surface area contributed by atoms with Crippen molar-refractivity contribution in [2.45, 2.75) is 33.6 Å². The van der Waals surface area contributed by atoms with E-state index in [4.69, 9.17) is 0 Å². The summed E-state index contributed by atoms with van der Waals surface area (Å²) in [7, 11) is 0. The van der Waals surface area contributed by atoms with Crippen LogP contribution >= 0.6 is 0 Å². The summed E-state index contributed by atoms with van der Waals surface area (Å²) in [6, 6.07) is 0. The Hall–Kier alpha value is -0.330. The lowest BCUT2D eigenvalue weighted by atomic mass is 9.89. The third kappa shape index (κ3) is 0.692. The zero-order valence-electron chi connectivity index (χ0n) is 7.55. The summed E-state index contributed by atoms with van der Waals surface area (Å²) in [5.74, 6) is 2.54. The van der Waals surface area contributed by atoms with Crippen LogP contribution in [-0.4, -0.2) is 5.78 Å². The molecule has 2 unspecified atom stereocenters. The number of hydrogen-bond acceptors (Lipinski definition) is 1. The Labute approximate surface area is 68.2 Å². The summed E-state index contributed by atoms with van der Waals surface area (Å²) in [5.41, 5.74) is 0.152. The highest BCUT2D eigenvalue weighted by molar-refractivity contribution is 5.91. The van der Waals surface area contributed by atoms with Gasteiger partial charge in [0.15, 0.2) is 0 Å². The van der Waals surface area contributed by atoms with Crippen LogP contribution in [0.5, 0.6) is 0 Å². The number of fused-ring (bicyclic) bond motifs is 1. The van der Waals surface area contributed by atoms with Gasteiger partial charge in [-0.25, -0.2) is 0 Å². The molecule has 1 nitrogen and oxygen atoms in total. The fourth-order valence-corrected chi connectivity index (χ4v) is 2.95. The topological polar surface area (TPSA) is 17.1 Å². The van der Waals surface area contributed by atoms with Gasteiger partial charge in [0.1, 0.15) is 5.78 Å². The molecule has 2 fully saturated rings. The molecule has 3 atom stereocenters. The number of ketones is 1. The Morgan fingerprint density at radius 1 is 1.55 bits per heavy atom. The van der Waals surface area contributed by atoms with Crippen LogP contribution in [0.3, 0.4) is 0 Å². The Morgan fingerprint density at radius 2 is 2.18 bits per heavy atom. The van der Waals surface area contributed by atoms with Crippen molar-refractivity contribution in [1.82, 2.24) is 0 Å². The summed E-state index contributed by atoms with van der Waals surface area (Å²) in [6.07, 6.45) is 2.04. The lowest BCUT2D eigenvalue weighted by Crippen LogP contribution is -2.18. The van der Waals surface area contributed by atoms with Gasteiger partial charge in [-0.05, 0) is 24.2 Å². The van der Waals surface area contributed by atoms with Crippen molar-refractivity contribution in [2.24, 2.45) is 23.2 Å². The Balaban J connectivity index is 2.26. The summed E-state index contributed by atoms with van der Waals surface area (Å²) < 4.78 is 0. The molecule has 0 heterocycles. The molecule has 0 aromatic rings. The van der Waals surface area contributed by atoms with Crippen molar-refractivity contribution in [1.29, 1.82) is 0 Å². The van der Waals surface area contributed by atoms with E-state index in [1.165, 1.54) is 6.42 Å². The van der Waals surface area contributed by atoms with Gasteiger partial charge < -0.3 is 0 Å². The predicted molar refractivity (Wildman–Crippen MR) is 44.2 cm³/mol. The van der Waals surface area contributed by atoms with E-state index < -0.39 is 0 Å². The van der Waals surface area contributed by atoms with E-state index in [9.17, 15) is 4.79 Å². The van der Waals surface area contributed by atoms with Crippen LogP contribution in [0.1, 0.15) is 33.6 Å². The second-order valence-electron chi connectivity index (χ2n) is 4.61. The highest BCUT2D eigenvalue weighted by atomic mass is 16.1. The Kier molecular flexibility index (Phi) is 1.25. The minimum atomic E-state index is 0.152. The lowest BCUT2D eigenvalue weighted by molar-refractivity contribution is -0.124. The van der Waals surface area contributed by atoms with Crippen molar-refractivity contribution in [3.05, 3.63) is 0 Å². The van der Waals surface area contributed by atoms with Crippen LogP contribution in [0.2, 0.25) is 0 Å². The maximum Gasteiger partial charge on any atom is 0.139 e. The van der Waals surface area contributed by atoms with Crippen molar-refractivity contribution < 1.29 is 4.79 Å². The Morgan fingerprint density at radius 3 is 2.36 bits per heavy atom. The first kappa shape index (κ1) is 7.33. The number of carbonyl (C=O) groups excluding carboxylic acids is 1. The van der Waals surface area contributed by atoms with Gasteiger partial charge >= 0.3 is 0 Å². The van der Waals surface area contributed by atoms with E-state index in [1.807, 2.05) is 0 Å². The van der Waals surface area contributed by atoms with Crippen molar-refractivity contribution in [2.75, 3.05) is 0 Å². The fraction of sp³-hybridized carbons (Fsp3) is 0.900. The number of carbonyl (C=O) groups is 1. The summed E-state index contributed by atoms with van der Waals surface area (Å²) in [5, 5.41) is 0. The molecular weight excluding hydrogens is 136 g/mol. The molecule has 0 spiro atoms. The zero-order valence-corrected chi connectivity index (χ0v) is 7.55. The molecule has 0 saturated heterocycles. The van der Waals surface area contributed by atoms with Crippen LogP contribution in [0, 0.1) is 23.2 Å². The maximum absolute atomic E-state index is 11.6. The molecule has 1 heteroatoms. The van der Waals surface area contributed by atoms with Crippen LogP contribution in [0.4, 0.5) is 0 Å². The van der Waals surface area contributed by atoms with Gasteiger partial charge in [-0.3, -0.25) is 4.79 Å². The van der Waals surface area contributed by atoms with Crippen LogP contribution in [0.25, 0.3) is 0 Å². The number of rotatable bonds is 1. The average molecular weight is 152 g/mol. The molecule has 2 saturated carbocycles. The maximum atomic E-state index is 11.6. The molecule has 0 bridgehead atoms. The molecule has 0 aromatic heterocycles. The number of Topliss-reactive ketones (excluding diaryl/α,β-unsaturated/α-hetero) is 1. The second kappa shape index (κ2) is 1.88. The standard InChI is InChI=1S/C10H16O/c1-6(2)10-5-8(10)7(3)4-9(10)11/h6-8H,4-5H2,1-3H3/t7-,8?,10?/m0/s1. The largest absolute Gasteiger partial charge is 0.299 e. The van der Waals surface area contributed by atoms with Gasteiger partial charge in [0.25, 0.3) is 0 Å². The van der Waals surface area contributed by atoms with E-state index in [-0.39, 0.29) is 5.41 Å². The monoisotopic (exact) mass is 152 g/mol. The van der Waals surface area contributed by atoms with Crippen LogP contribution in [0.15, 0.2) is 0 Å². The van der Waals surface area contributed by atoms with Gasteiger partial charge in [-0.15, -0.1) is 0 Å². The van der Waals surface area contributed by atoms with E-state index in [2.05, 4.69) is 20.8 Å². The highest BCUT2D eigenvalue weighted by Gasteiger charge is 2.66. The first-order chi connectivity index (χ1) is 5.09. The van der Waals surface area contributed by atoms with E-state index in [0.29, 0.717) is 17.6 Å². The summed E-state index contributed by atoms with van der Waals surface area (Å²) >= 11 is 0. The predicted octanol–water partition coefficient (Wildman–Crippen LogP) is 2.26. The third-order valence-electron chi connectivity index (χ3n) is 3.80. The minimum Gasteiger partial charge on any atom is -0.299 e. The van der Waals surface area contributed by atoms with Crippen molar-refractivity contribution in [3.8, 4) is 0 Å². The summed E-state index contributed by atoms with van der Waals surface area (Å²) in [4.78, 5) is 11.6. The van der Waals surface area contributed by atoms with E-state index in [1.54, 1.807) is 0 Å². The first-order valence-corrected chi connectivity index (χ1v) is 4.62. The van der Waals surface area contributed by atoms with Gasteiger partial charge in [0, 0.05) is 11.8 Å². The van der Waals surface area contributed by atoms with E-state index >= 15 is 0 Å². The fourth-order valence-electron chi connectivity index (χ4n) is 2.95. The molecular formula is C10H16O. The number of hydrogen-bond donors (Lipinski definition) is 0. The minimum absolute atomic E-state index is 0.152. The van der Waals surface area contributed by atoms with Gasteiger partial charge in [-0.2, -0.15) is 0 Å². The molecule has 2 aliphatic carbocycles. The molecule has 0 radical (unpaired) electrons. The quantitative estimate of drug-likeness (QED) is 0.563.